The number of nitrogens with two attached hydrogens (primary N) is 1. The second-order valence-electron chi connectivity index (χ2n) is 7.11. The standard InChI is InChI=1S/C19H29N7O/c1-14-6-3-4-12-26(14)13-5-11-21-17-22-18(24-19(27)23-17)25(2)16-9-7-15(20)8-10-16/h7-10,14H,3-6,11-13,20H2,1-2H3,(H2,21,22,23,24,27). The zero-order valence-electron chi connectivity index (χ0n) is 16.1. The van der Waals surface area contributed by atoms with E-state index in [2.05, 4.69) is 32.1 Å². The van der Waals surface area contributed by atoms with Crippen LogP contribution in [-0.4, -0.2) is 52.6 Å². The number of piperidine rings is 1. The van der Waals surface area contributed by atoms with Crippen molar-refractivity contribution in [1.82, 2.24) is 19.9 Å². The number of nitrogens with one attached hydrogen (secondary N) is 2. The Bertz CT molecular complexity index is 789. The second kappa shape index (κ2) is 8.85. The molecule has 146 valence electrons. The molecule has 0 spiro atoms. The zero-order chi connectivity index (χ0) is 19.2. The van der Waals surface area contributed by atoms with E-state index < -0.39 is 5.69 Å². The quantitative estimate of drug-likeness (QED) is 0.506. The molecule has 2 heterocycles. The van der Waals surface area contributed by atoms with Crippen molar-refractivity contribution in [2.75, 3.05) is 42.6 Å². The van der Waals surface area contributed by atoms with Gasteiger partial charge in [0, 0.05) is 37.6 Å². The van der Waals surface area contributed by atoms with Gasteiger partial charge in [0.1, 0.15) is 0 Å². The predicted octanol–water partition coefficient (Wildman–Crippen LogP) is 2.19. The Morgan fingerprint density at radius 3 is 2.81 bits per heavy atom. The monoisotopic (exact) mass is 371 g/mol. The first-order valence-electron chi connectivity index (χ1n) is 9.58. The number of H-pyrrole nitrogens is 1. The van der Waals surface area contributed by atoms with Gasteiger partial charge in [0.2, 0.25) is 11.9 Å². The molecule has 1 aromatic heterocycles. The number of hydrogen-bond donors (Lipinski definition) is 3. The normalized spacial score (nSPS) is 17.6. The van der Waals surface area contributed by atoms with E-state index in [1.54, 1.807) is 17.0 Å². The fourth-order valence-electron chi connectivity index (χ4n) is 3.40. The van der Waals surface area contributed by atoms with Crippen LogP contribution in [0.25, 0.3) is 0 Å². The second-order valence-corrected chi connectivity index (χ2v) is 7.11. The molecule has 1 unspecified atom stereocenters. The number of hydrogen-bond acceptors (Lipinski definition) is 7. The molecule has 0 radical (unpaired) electrons. The van der Waals surface area contributed by atoms with Crippen LogP contribution < -0.4 is 21.6 Å². The smallest absolute Gasteiger partial charge is 0.351 e. The van der Waals surface area contributed by atoms with Gasteiger partial charge in [-0.2, -0.15) is 9.97 Å². The van der Waals surface area contributed by atoms with Gasteiger partial charge in [-0.1, -0.05) is 6.42 Å². The molecule has 1 saturated heterocycles. The van der Waals surface area contributed by atoms with Crippen molar-refractivity contribution in [3.8, 4) is 0 Å². The van der Waals surface area contributed by atoms with Crippen molar-refractivity contribution < 1.29 is 0 Å². The van der Waals surface area contributed by atoms with E-state index in [0.717, 1.165) is 25.2 Å². The van der Waals surface area contributed by atoms with Gasteiger partial charge >= 0.3 is 5.69 Å². The third-order valence-electron chi connectivity index (χ3n) is 5.07. The molecule has 0 bridgehead atoms. The molecule has 27 heavy (non-hydrogen) atoms. The highest BCUT2D eigenvalue weighted by molar-refractivity contribution is 5.59. The van der Waals surface area contributed by atoms with Crippen LogP contribution in [0.4, 0.5) is 23.3 Å². The van der Waals surface area contributed by atoms with Gasteiger partial charge in [0.05, 0.1) is 0 Å². The molecule has 0 aliphatic carbocycles. The lowest BCUT2D eigenvalue weighted by atomic mass is 10.0. The Balaban J connectivity index is 1.58. The Morgan fingerprint density at radius 2 is 2.07 bits per heavy atom. The largest absolute Gasteiger partial charge is 0.399 e. The predicted molar refractivity (Wildman–Crippen MR) is 110 cm³/mol. The number of aromatic nitrogens is 3. The molecule has 1 aliphatic rings. The molecular weight excluding hydrogens is 342 g/mol. The van der Waals surface area contributed by atoms with Crippen molar-refractivity contribution in [2.45, 2.75) is 38.6 Å². The van der Waals surface area contributed by atoms with Crippen LogP contribution in [0.3, 0.4) is 0 Å². The summed E-state index contributed by atoms with van der Waals surface area (Å²) in [6, 6.07) is 8.01. The van der Waals surface area contributed by atoms with Gasteiger partial charge in [-0.3, -0.25) is 4.98 Å². The van der Waals surface area contributed by atoms with Gasteiger partial charge in [0.25, 0.3) is 0 Å². The van der Waals surface area contributed by atoms with Crippen LogP contribution in [0.2, 0.25) is 0 Å². The maximum Gasteiger partial charge on any atom is 0.351 e. The lowest BCUT2D eigenvalue weighted by molar-refractivity contribution is 0.160. The van der Waals surface area contributed by atoms with Gasteiger partial charge in [-0.25, -0.2) is 4.79 Å². The SMILES string of the molecule is CC1CCCCN1CCCNc1nc(N(C)c2ccc(N)cc2)nc(=O)[nH]1. The van der Waals surface area contributed by atoms with E-state index in [4.69, 9.17) is 5.73 Å². The van der Waals surface area contributed by atoms with Gasteiger partial charge in [-0.05, 0) is 57.0 Å². The Hall–Kier alpha value is -2.61. The molecule has 1 aliphatic heterocycles. The summed E-state index contributed by atoms with van der Waals surface area (Å²) in [5.41, 5.74) is 6.85. The van der Waals surface area contributed by atoms with Crippen LogP contribution in [-0.2, 0) is 0 Å². The van der Waals surface area contributed by atoms with Crippen molar-refractivity contribution in [1.29, 1.82) is 0 Å². The molecule has 3 rings (SSSR count). The van der Waals surface area contributed by atoms with Crippen molar-refractivity contribution in [3.63, 3.8) is 0 Å². The molecule has 1 atom stereocenters. The summed E-state index contributed by atoms with van der Waals surface area (Å²) in [7, 11) is 1.82. The highest BCUT2D eigenvalue weighted by atomic mass is 16.1. The van der Waals surface area contributed by atoms with Crippen LogP contribution in [0.15, 0.2) is 29.1 Å². The molecule has 1 aromatic carbocycles. The van der Waals surface area contributed by atoms with Crippen molar-refractivity contribution >= 4 is 23.3 Å². The first kappa shape index (κ1) is 19.2. The molecule has 2 aromatic rings. The molecule has 0 saturated carbocycles. The molecule has 1 fully saturated rings. The van der Waals surface area contributed by atoms with E-state index >= 15 is 0 Å². The Labute approximate surface area is 159 Å². The number of nitrogen functional groups attached to an aromatic ring is 1. The first-order chi connectivity index (χ1) is 13.0. The number of benzene rings is 1. The third kappa shape index (κ3) is 5.19. The number of rotatable bonds is 7. The molecule has 8 nitrogen and oxygen atoms in total. The number of anilines is 4. The van der Waals surface area contributed by atoms with Crippen molar-refractivity contribution in [3.05, 3.63) is 34.7 Å². The molecular formula is C19H29N7O. The van der Waals surface area contributed by atoms with Gasteiger partial charge < -0.3 is 20.9 Å². The minimum Gasteiger partial charge on any atom is -0.399 e. The summed E-state index contributed by atoms with van der Waals surface area (Å²) in [4.78, 5) is 27.3. The van der Waals surface area contributed by atoms with E-state index in [9.17, 15) is 4.79 Å². The minimum atomic E-state index is -0.422. The van der Waals surface area contributed by atoms with Crippen LogP contribution in [0.1, 0.15) is 32.6 Å². The number of nitrogens with zero attached hydrogens (tertiary/aromatic N) is 4. The Kier molecular flexibility index (Phi) is 6.28. The van der Waals surface area contributed by atoms with Crippen LogP contribution >= 0.6 is 0 Å². The highest BCUT2D eigenvalue weighted by Gasteiger charge is 2.17. The summed E-state index contributed by atoms with van der Waals surface area (Å²) < 4.78 is 0. The molecule has 8 heteroatoms. The summed E-state index contributed by atoms with van der Waals surface area (Å²) in [6.07, 6.45) is 4.91. The van der Waals surface area contributed by atoms with Gasteiger partial charge in [0.15, 0.2) is 0 Å². The van der Waals surface area contributed by atoms with E-state index in [1.165, 1.54) is 25.8 Å². The topological polar surface area (TPSA) is 103 Å². The fraction of sp³-hybridized carbons (Fsp3) is 0.526. The van der Waals surface area contributed by atoms with E-state index in [1.807, 2.05) is 19.2 Å². The summed E-state index contributed by atoms with van der Waals surface area (Å²) in [5.74, 6) is 0.787. The maximum atomic E-state index is 11.9. The number of likely N-dealkylation sites (tertiary alicyclic amines) is 1. The van der Waals surface area contributed by atoms with Gasteiger partial charge in [-0.15, -0.1) is 0 Å². The average Bonchev–Trinajstić information content (AvgIpc) is 2.66. The summed E-state index contributed by atoms with van der Waals surface area (Å²) in [5, 5.41) is 3.22. The lowest BCUT2D eigenvalue weighted by Gasteiger charge is -2.33. The van der Waals surface area contributed by atoms with Crippen LogP contribution in [0.5, 0.6) is 0 Å². The van der Waals surface area contributed by atoms with Crippen LogP contribution in [0, 0.1) is 0 Å². The number of aromatic amines is 1. The summed E-state index contributed by atoms with van der Waals surface area (Å²) >= 11 is 0. The third-order valence-corrected chi connectivity index (χ3v) is 5.07. The minimum absolute atomic E-state index is 0.343. The zero-order valence-corrected chi connectivity index (χ0v) is 16.1. The lowest BCUT2D eigenvalue weighted by Crippen LogP contribution is -2.38. The highest BCUT2D eigenvalue weighted by Crippen LogP contribution is 2.21. The first-order valence-corrected chi connectivity index (χ1v) is 9.58. The van der Waals surface area contributed by atoms with E-state index in [-0.39, 0.29) is 0 Å². The maximum absolute atomic E-state index is 11.9. The Morgan fingerprint density at radius 1 is 1.30 bits per heavy atom. The molecule has 0 amide bonds. The fourth-order valence-corrected chi connectivity index (χ4v) is 3.40. The van der Waals surface area contributed by atoms with Crippen molar-refractivity contribution in [2.24, 2.45) is 0 Å². The molecule has 4 N–H and O–H groups in total. The van der Waals surface area contributed by atoms with E-state index in [0.29, 0.717) is 23.6 Å². The summed E-state index contributed by atoms with van der Waals surface area (Å²) in [6.45, 7) is 5.29. The average molecular weight is 371 g/mol.